The molecule has 27 heavy (non-hydrogen) atoms. The van der Waals surface area contributed by atoms with E-state index in [1.54, 1.807) is 30.8 Å². The number of hydrogen-bond donors (Lipinski definition) is 1. The van der Waals surface area contributed by atoms with Crippen LogP contribution in [0, 0.1) is 13.8 Å². The van der Waals surface area contributed by atoms with Crippen molar-refractivity contribution in [3.05, 3.63) is 29.3 Å². The Morgan fingerprint density at radius 1 is 1.26 bits per heavy atom. The number of rotatable bonds is 8. The lowest BCUT2D eigenvalue weighted by Gasteiger charge is -2.28. The van der Waals surface area contributed by atoms with E-state index in [4.69, 9.17) is 0 Å². The molecule has 0 aliphatic carbocycles. The molecule has 1 amide bonds. The SMILES string of the molecule is CCCSc1nnc(NC(=O)[C@H](C)N(c2cc(C)cc(C)c2)S(C)(=O)=O)s1. The summed E-state index contributed by atoms with van der Waals surface area (Å²) in [7, 11) is -3.66. The fraction of sp³-hybridized carbons (Fsp3) is 0.471. The summed E-state index contributed by atoms with van der Waals surface area (Å²) in [6.45, 7) is 7.41. The van der Waals surface area contributed by atoms with Crippen LogP contribution in [-0.4, -0.2) is 42.6 Å². The molecule has 0 fully saturated rings. The average molecular weight is 429 g/mol. The number of thioether (sulfide) groups is 1. The molecule has 0 spiro atoms. The zero-order chi connectivity index (χ0) is 20.2. The number of anilines is 2. The molecule has 1 N–H and O–H groups in total. The Labute approximate surface area is 168 Å². The van der Waals surface area contributed by atoms with Gasteiger partial charge >= 0.3 is 0 Å². The van der Waals surface area contributed by atoms with E-state index < -0.39 is 22.0 Å². The maximum absolute atomic E-state index is 12.7. The molecule has 2 aromatic rings. The molecule has 10 heteroatoms. The van der Waals surface area contributed by atoms with Gasteiger partial charge in [0.05, 0.1) is 11.9 Å². The molecular formula is C17H24N4O3S3. The molecular weight excluding hydrogens is 404 g/mol. The second kappa shape index (κ2) is 9.03. The van der Waals surface area contributed by atoms with Crippen molar-refractivity contribution in [1.29, 1.82) is 0 Å². The maximum atomic E-state index is 12.7. The smallest absolute Gasteiger partial charge is 0.249 e. The number of carbonyl (C=O) groups excluding carboxylic acids is 1. The fourth-order valence-electron chi connectivity index (χ4n) is 2.60. The van der Waals surface area contributed by atoms with Gasteiger partial charge in [-0.25, -0.2) is 8.42 Å². The number of aryl methyl sites for hydroxylation is 2. The van der Waals surface area contributed by atoms with E-state index in [0.29, 0.717) is 10.8 Å². The lowest BCUT2D eigenvalue weighted by molar-refractivity contribution is -0.116. The fourth-order valence-corrected chi connectivity index (χ4v) is 5.44. The minimum atomic E-state index is -3.66. The largest absolute Gasteiger partial charge is 0.299 e. The highest BCUT2D eigenvalue weighted by Crippen LogP contribution is 2.27. The van der Waals surface area contributed by atoms with Crippen LogP contribution in [0.1, 0.15) is 31.4 Å². The number of nitrogens with zero attached hydrogens (tertiary/aromatic N) is 3. The summed E-state index contributed by atoms with van der Waals surface area (Å²) in [6, 6.07) is 4.52. The maximum Gasteiger partial charge on any atom is 0.249 e. The second-order valence-electron chi connectivity index (χ2n) is 6.29. The summed E-state index contributed by atoms with van der Waals surface area (Å²) in [5.41, 5.74) is 2.31. The van der Waals surface area contributed by atoms with Crippen LogP contribution >= 0.6 is 23.1 Å². The Morgan fingerprint density at radius 2 is 1.89 bits per heavy atom. The Balaban J connectivity index is 2.23. The van der Waals surface area contributed by atoms with Crippen molar-refractivity contribution in [3.63, 3.8) is 0 Å². The summed E-state index contributed by atoms with van der Waals surface area (Å²) in [5.74, 6) is 0.468. The van der Waals surface area contributed by atoms with Crippen molar-refractivity contribution in [3.8, 4) is 0 Å². The monoisotopic (exact) mass is 428 g/mol. The lowest BCUT2D eigenvalue weighted by atomic mass is 10.1. The molecule has 0 saturated carbocycles. The van der Waals surface area contributed by atoms with Crippen LogP contribution in [0.3, 0.4) is 0 Å². The van der Waals surface area contributed by atoms with Crippen LogP contribution in [0.5, 0.6) is 0 Å². The first kappa shape index (κ1) is 21.6. The van der Waals surface area contributed by atoms with Gasteiger partial charge in [0.1, 0.15) is 6.04 Å². The molecule has 148 valence electrons. The Kier molecular flexibility index (Phi) is 7.24. The molecule has 2 rings (SSSR count). The molecule has 0 bridgehead atoms. The Bertz CT molecular complexity index is 892. The molecule has 0 radical (unpaired) electrons. The topological polar surface area (TPSA) is 92.3 Å². The molecule has 1 atom stereocenters. The summed E-state index contributed by atoms with van der Waals surface area (Å²) < 4.78 is 26.7. The molecule has 0 aliphatic rings. The molecule has 1 aromatic carbocycles. The van der Waals surface area contributed by atoms with Gasteiger partial charge in [0.25, 0.3) is 0 Å². The van der Waals surface area contributed by atoms with Gasteiger partial charge in [-0.05, 0) is 50.5 Å². The second-order valence-corrected chi connectivity index (χ2v) is 10.5. The van der Waals surface area contributed by atoms with Crippen molar-refractivity contribution in [2.75, 3.05) is 21.6 Å². The standard InChI is InChI=1S/C17H24N4O3S3/c1-6-7-25-17-20-19-16(26-17)18-15(22)13(4)21(27(5,23)24)14-9-11(2)8-12(3)10-14/h8-10,13H,6-7H2,1-5H3,(H,18,19,22)/t13-/m0/s1. The average Bonchev–Trinajstić information content (AvgIpc) is 2.98. The van der Waals surface area contributed by atoms with E-state index in [1.807, 2.05) is 19.9 Å². The van der Waals surface area contributed by atoms with Gasteiger partial charge in [0, 0.05) is 5.75 Å². The van der Waals surface area contributed by atoms with Crippen LogP contribution in [0.25, 0.3) is 0 Å². The number of nitrogens with one attached hydrogen (secondary N) is 1. The molecule has 1 aromatic heterocycles. The number of aromatic nitrogens is 2. The Morgan fingerprint density at radius 3 is 2.44 bits per heavy atom. The summed E-state index contributed by atoms with van der Waals surface area (Å²) in [5, 5.41) is 11.0. The van der Waals surface area contributed by atoms with Crippen molar-refractivity contribution in [2.45, 2.75) is 44.5 Å². The summed E-state index contributed by atoms with van der Waals surface area (Å²) >= 11 is 2.85. The number of sulfonamides is 1. The number of carbonyl (C=O) groups is 1. The third-order valence-electron chi connectivity index (χ3n) is 3.62. The number of amides is 1. The van der Waals surface area contributed by atoms with E-state index in [-0.39, 0.29) is 0 Å². The predicted octanol–water partition coefficient (Wildman–Crippen LogP) is 3.45. The summed E-state index contributed by atoms with van der Waals surface area (Å²) in [6.07, 6.45) is 2.11. The Hall–Kier alpha value is -1.65. The minimum Gasteiger partial charge on any atom is -0.299 e. The third-order valence-corrected chi connectivity index (χ3v) is 7.04. The molecule has 0 unspecified atom stereocenters. The zero-order valence-corrected chi connectivity index (χ0v) is 18.5. The highest BCUT2D eigenvalue weighted by Gasteiger charge is 2.30. The van der Waals surface area contributed by atoms with Crippen LogP contribution in [0.2, 0.25) is 0 Å². The van der Waals surface area contributed by atoms with E-state index in [9.17, 15) is 13.2 Å². The predicted molar refractivity (Wildman–Crippen MR) is 112 cm³/mol. The van der Waals surface area contributed by atoms with Crippen molar-refractivity contribution in [2.24, 2.45) is 0 Å². The quantitative estimate of drug-likeness (QED) is 0.511. The third kappa shape index (κ3) is 5.91. The normalized spacial score (nSPS) is 12.6. The van der Waals surface area contributed by atoms with Crippen molar-refractivity contribution >= 4 is 49.8 Å². The molecule has 7 nitrogen and oxygen atoms in total. The van der Waals surface area contributed by atoms with Crippen molar-refractivity contribution < 1.29 is 13.2 Å². The van der Waals surface area contributed by atoms with Crippen LogP contribution in [0.4, 0.5) is 10.8 Å². The lowest BCUT2D eigenvalue weighted by Crippen LogP contribution is -2.45. The molecule has 0 aliphatic heterocycles. The first-order valence-corrected chi connectivity index (χ1v) is 12.1. The van der Waals surface area contributed by atoms with Gasteiger partial charge in [-0.1, -0.05) is 36.1 Å². The van der Waals surface area contributed by atoms with Crippen LogP contribution in [0.15, 0.2) is 22.5 Å². The number of benzene rings is 1. The van der Waals surface area contributed by atoms with Gasteiger partial charge in [-0.15, -0.1) is 10.2 Å². The van der Waals surface area contributed by atoms with E-state index >= 15 is 0 Å². The van der Waals surface area contributed by atoms with E-state index in [2.05, 4.69) is 22.4 Å². The summed E-state index contributed by atoms with van der Waals surface area (Å²) in [4.78, 5) is 12.7. The van der Waals surface area contributed by atoms with Crippen LogP contribution in [-0.2, 0) is 14.8 Å². The zero-order valence-electron chi connectivity index (χ0n) is 16.0. The number of hydrogen-bond acceptors (Lipinski definition) is 7. The van der Waals surface area contributed by atoms with Gasteiger partial charge in [-0.2, -0.15) is 0 Å². The van der Waals surface area contributed by atoms with Crippen LogP contribution < -0.4 is 9.62 Å². The van der Waals surface area contributed by atoms with Gasteiger partial charge in [0.2, 0.25) is 21.1 Å². The first-order valence-electron chi connectivity index (χ1n) is 8.46. The minimum absolute atomic E-state index is 0.360. The molecule has 0 saturated heterocycles. The van der Waals surface area contributed by atoms with E-state index in [0.717, 1.165) is 38.2 Å². The first-order chi connectivity index (χ1) is 12.6. The van der Waals surface area contributed by atoms with Crippen molar-refractivity contribution in [1.82, 2.24) is 10.2 Å². The molecule has 1 heterocycles. The van der Waals surface area contributed by atoms with Gasteiger partial charge in [-0.3, -0.25) is 14.4 Å². The van der Waals surface area contributed by atoms with Gasteiger partial charge < -0.3 is 0 Å². The highest BCUT2D eigenvalue weighted by molar-refractivity contribution is 8.01. The van der Waals surface area contributed by atoms with Gasteiger partial charge in [0.15, 0.2) is 4.34 Å². The van der Waals surface area contributed by atoms with E-state index in [1.165, 1.54) is 11.3 Å². The highest BCUT2D eigenvalue weighted by atomic mass is 32.2.